The third kappa shape index (κ3) is 3.57. The van der Waals surface area contributed by atoms with Gasteiger partial charge < -0.3 is 5.84 Å². The highest BCUT2D eigenvalue weighted by Gasteiger charge is 2.34. The van der Waals surface area contributed by atoms with E-state index in [1.54, 1.807) is 0 Å². The average Bonchev–Trinajstić information content (AvgIpc) is 3.04. The van der Waals surface area contributed by atoms with Crippen LogP contribution >= 0.6 is 0 Å². The summed E-state index contributed by atoms with van der Waals surface area (Å²) in [7, 11) is 1.35. The molecule has 10 nitrogen and oxygen atoms in total. The van der Waals surface area contributed by atoms with Gasteiger partial charge in [-0.15, -0.1) is 9.90 Å². The fourth-order valence-corrected chi connectivity index (χ4v) is 1.64. The molecule has 0 spiro atoms. The minimum absolute atomic E-state index is 0.209. The van der Waals surface area contributed by atoms with E-state index in [4.69, 9.17) is 11.7 Å². The number of rotatable bonds is 2. The maximum Gasteiger partial charge on any atom is 0.433 e. The Kier molecular flexibility index (Phi) is 4.64. The normalized spacial score (nSPS) is 12.1. The molecule has 5 N–H and O–H groups in total. The lowest BCUT2D eigenvalue weighted by molar-refractivity contribution is -0.141. The molecule has 0 aliphatic rings. The molecule has 0 aromatic carbocycles. The summed E-state index contributed by atoms with van der Waals surface area (Å²) in [4.78, 5) is 16.5. The number of nitrogens with two attached hydrogens (primary N) is 2. The quantitative estimate of drug-likeness (QED) is 0.287. The van der Waals surface area contributed by atoms with E-state index in [-0.39, 0.29) is 11.5 Å². The number of hydrogen-bond donors (Lipinski definition) is 3. The molecule has 1 amide bonds. The van der Waals surface area contributed by atoms with Crippen molar-refractivity contribution in [2.45, 2.75) is 6.18 Å². The standard InChI is InChI=1S/C11H12F3N9O/c1-22(16)10(21-15)20-9(24)6-2-3-7(11(12,13)14)19-8(6)23-17-4-5-18-23/h2-5H,15-16H2,1H3,(H,20,21,24). The lowest BCUT2D eigenvalue weighted by Gasteiger charge is -2.16. The molecule has 0 atom stereocenters. The Bertz CT molecular complexity index is 755. The summed E-state index contributed by atoms with van der Waals surface area (Å²) in [6.45, 7) is 0. The minimum Gasteiger partial charge on any atom is -0.320 e. The second kappa shape index (κ2) is 6.49. The molecule has 2 rings (SSSR count). The Balaban J connectivity index is 2.48. The van der Waals surface area contributed by atoms with Crippen LogP contribution in [0, 0.1) is 0 Å². The van der Waals surface area contributed by atoms with Crippen molar-refractivity contribution in [3.05, 3.63) is 35.8 Å². The zero-order chi connectivity index (χ0) is 17.9. The first-order valence-electron chi connectivity index (χ1n) is 6.26. The summed E-state index contributed by atoms with van der Waals surface area (Å²) in [5.41, 5.74) is -1.43. The molecular formula is C11H12F3N9O. The fourth-order valence-electron chi connectivity index (χ4n) is 1.64. The van der Waals surface area contributed by atoms with E-state index in [9.17, 15) is 18.0 Å². The zero-order valence-corrected chi connectivity index (χ0v) is 12.2. The van der Waals surface area contributed by atoms with Gasteiger partial charge in [-0.2, -0.15) is 23.4 Å². The predicted molar refractivity (Wildman–Crippen MR) is 75.2 cm³/mol. The van der Waals surface area contributed by atoms with Crippen LogP contribution in [0.25, 0.3) is 5.82 Å². The van der Waals surface area contributed by atoms with Crippen LogP contribution in [0.2, 0.25) is 0 Å². The largest absolute Gasteiger partial charge is 0.433 e. The number of hydrogen-bond acceptors (Lipinski definition) is 7. The number of amides is 1. The predicted octanol–water partition coefficient (Wildman–Crippen LogP) is -0.554. The van der Waals surface area contributed by atoms with Gasteiger partial charge in [0.2, 0.25) is 5.96 Å². The van der Waals surface area contributed by atoms with Crippen LogP contribution < -0.4 is 17.0 Å². The van der Waals surface area contributed by atoms with Gasteiger partial charge in [-0.25, -0.2) is 10.8 Å². The smallest absolute Gasteiger partial charge is 0.320 e. The van der Waals surface area contributed by atoms with Crippen molar-refractivity contribution in [1.29, 1.82) is 0 Å². The molecule has 0 bridgehead atoms. The lowest BCUT2D eigenvalue weighted by Crippen LogP contribution is -2.46. The van der Waals surface area contributed by atoms with E-state index in [1.807, 2.05) is 0 Å². The number of hydrazone groups is 1. The topological polar surface area (TPSA) is 140 Å². The van der Waals surface area contributed by atoms with Gasteiger partial charge in [-0.05, 0) is 12.1 Å². The second-order valence-electron chi connectivity index (χ2n) is 4.40. The first-order valence-corrected chi connectivity index (χ1v) is 6.26. The summed E-state index contributed by atoms with van der Waals surface area (Å²) >= 11 is 0. The van der Waals surface area contributed by atoms with Crippen LogP contribution in [-0.4, -0.2) is 43.9 Å². The molecule has 2 heterocycles. The van der Waals surface area contributed by atoms with Crippen LogP contribution in [0.5, 0.6) is 0 Å². The number of nitrogens with zero attached hydrogens (tertiary/aromatic N) is 6. The van der Waals surface area contributed by atoms with Crippen molar-refractivity contribution >= 4 is 11.9 Å². The molecule has 2 aromatic heterocycles. The summed E-state index contributed by atoms with van der Waals surface area (Å²) in [5.74, 6) is 9.01. The Morgan fingerprint density at radius 1 is 1.33 bits per heavy atom. The monoisotopic (exact) mass is 343 g/mol. The van der Waals surface area contributed by atoms with Crippen molar-refractivity contribution < 1.29 is 18.0 Å². The number of carbonyl (C=O) groups excluding carboxylic acids is 1. The number of guanidine groups is 1. The summed E-state index contributed by atoms with van der Waals surface area (Å²) in [5, 5.41) is 13.8. The van der Waals surface area contributed by atoms with Gasteiger partial charge in [-0.1, -0.05) is 0 Å². The van der Waals surface area contributed by atoms with Crippen molar-refractivity contribution in [3.8, 4) is 5.82 Å². The van der Waals surface area contributed by atoms with E-state index in [1.165, 1.54) is 19.4 Å². The molecule has 13 heteroatoms. The highest BCUT2D eigenvalue weighted by Crippen LogP contribution is 2.28. The number of alkyl halides is 3. The molecule has 0 saturated carbocycles. The minimum atomic E-state index is -4.70. The Hall–Kier alpha value is -3.22. The van der Waals surface area contributed by atoms with E-state index in [0.717, 1.165) is 15.9 Å². The van der Waals surface area contributed by atoms with Crippen LogP contribution in [0.3, 0.4) is 0 Å². The SMILES string of the molecule is CN(N)/C(=N\N)NC(=O)c1ccc(C(F)(F)F)nc1-n1nccn1. The first-order chi connectivity index (χ1) is 11.2. The van der Waals surface area contributed by atoms with E-state index < -0.39 is 23.6 Å². The van der Waals surface area contributed by atoms with Crippen molar-refractivity contribution in [2.24, 2.45) is 16.8 Å². The molecule has 0 unspecified atom stereocenters. The molecule has 2 aromatic rings. The molecule has 0 radical (unpaired) electrons. The van der Waals surface area contributed by atoms with Gasteiger partial charge >= 0.3 is 6.18 Å². The van der Waals surface area contributed by atoms with Gasteiger partial charge in [0.15, 0.2) is 5.82 Å². The zero-order valence-electron chi connectivity index (χ0n) is 12.2. The highest BCUT2D eigenvalue weighted by atomic mass is 19.4. The van der Waals surface area contributed by atoms with Crippen molar-refractivity contribution in [3.63, 3.8) is 0 Å². The molecule has 0 saturated heterocycles. The number of hydrazine groups is 1. The second-order valence-corrected chi connectivity index (χ2v) is 4.40. The molecule has 24 heavy (non-hydrogen) atoms. The number of pyridine rings is 1. The third-order valence-corrected chi connectivity index (χ3v) is 2.70. The lowest BCUT2D eigenvalue weighted by atomic mass is 10.2. The Morgan fingerprint density at radius 3 is 2.46 bits per heavy atom. The van der Waals surface area contributed by atoms with Gasteiger partial charge in [0.1, 0.15) is 5.69 Å². The maximum absolute atomic E-state index is 12.8. The first kappa shape index (κ1) is 17.1. The van der Waals surface area contributed by atoms with Gasteiger partial charge in [0.05, 0.1) is 18.0 Å². The fraction of sp³-hybridized carbons (Fsp3) is 0.182. The summed E-state index contributed by atoms with van der Waals surface area (Å²) in [6, 6.07) is 1.60. The van der Waals surface area contributed by atoms with Gasteiger partial charge in [0, 0.05) is 7.05 Å². The van der Waals surface area contributed by atoms with Gasteiger partial charge in [-0.3, -0.25) is 15.1 Å². The molecular weight excluding hydrogens is 331 g/mol. The average molecular weight is 343 g/mol. The van der Waals surface area contributed by atoms with E-state index in [2.05, 4.69) is 25.6 Å². The third-order valence-electron chi connectivity index (χ3n) is 2.70. The summed E-state index contributed by atoms with van der Waals surface area (Å²) in [6.07, 6.45) is -2.24. The number of carbonyl (C=O) groups is 1. The molecule has 0 fully saturated rings. The maximum atomic E-state index is 12.8. The van der Waals surface area contributed by atoms with Crippen molar-refractivity contribution in [2.75, 3.05) is 7.05 Å². The van der Waals surface area contributed by atoms with Crippen LogP contribution in [0.15, 0.2) is 29.6 Å². The van der Waals surface area contributed by atoms with Crippen molar-refractivity contribution in [1.82, 2.24) is 30.3 Å². The molecule has 128 valence electrons. The molecule has 0 aliphatic carbocycles. The Morgan fingerprint density at radius 2 is 1.96 bits per heavy atom. The van der Waals surface area contributed by atoms with Gasteiger partial charge in [0.25, 0.3) is 5.91 Å². The van der Waals surface area contributed by atoms with Crippen LogP contribution in [0.1, 0.15) is 16.1 Å². The Labute approximate surface area is 132 Å². The number of halogens is 3. The van der Waals surface area contributed by atoms with Crippen LogP contribution in [0.4, 0.5) is 13.2 Å². The highest BCUT2D eigenvalue weighted by molar-refractivity contribution is 6.07. The number of nitrogens with one attached hydrogen (secondary N) is 1. The number of aromatic nitrogens is 4. The summed E-state index contributed by atoms with van der Waals surface area (Å²) < 4.78 is 38.5. The van der Waals surface area contributed by atoms with Crippen LogP contribution in [-0.2, 0) is 6.18 Å². The molecule has 0 aliphatic heterocycles. The van der Waals surface area contributed by atoms with E-state index in [0.29, 0.717) is 6.07 Å². The van der Waals surface area contributed by atoms with E-state index >= 15 is 0 Å².